The summed E-state index contributed by atoms with van der Waals surface area (Å²) in [6.07, 6.45) is -0.430. The van der Waals surface area contributed by atoms with E-state index < -0.39 is 32.2 Å². The second-order valence-corrected chi connectivity index (χ2v) is 4.44. The minimum absolute atomic E-state index is 0.430. The van der Waals surface area contributed by atoms with Gasteiger partial charge in [0.2, 0.25) is 5.91 Å². The minimum Gasteiger partial charge on any atom is -0.396 e. The molecule has 3 N–H and O–H groups in total. The predicted octanol–water partition coefficient (Wildman–Crippen LogP) is -0.571. The van der Waals surface area contributed by atoms with Crippen LogP contribution in [0.1, 0.15) is 0 Å². The summed E-state index contributed by atoms with van der Waals surface area (Å²) in [7, 11) is -1.52. The molecule has 0 saturated heterocycles. The zero-order valence-corrected chi connectivity index (χ0v) is 9.31. The smallest absolute Gasteiger partial charge is 0.385 e. The van der Waals surface area contributed by atoms with E-state index in [4.69, 9.17) is 10.8 Å². The minimum atomic E-state index is -3.75. The van der Waals surface area contributed by atoms with Crippen LogP contribution in [0.2, 0.25) is 0 Å². The Balaban J connectivity index is 4.50. The van der Waals surface area contributed by atoms with Crippen molar-refractivity contribution in [1.29, 1.82) is 0 Å². The lowest BCUT2D eigenvalue weighted by Gasteiger charge is -2.17. The fraction of sp³-hybridized carbons (Fsp3) is 0.833. The Hall–Kier alpha value is -0.500. The van der Waals surface area contributed by atoms with Gasteiger partial charge in [-0.2, -0.15) is 0 Å². The summed E-state index contributed by atoms with van der Waals surface area (Å²) in [5.41, 5.74) is 4.93. The first-order chi connectivity index (χ1) is 6.99. The maximum atomic E-state index is 11.7. The predicted molar refractivity (Wildman–Crippen MR) is 48.4 cm³/mol. The second kappa shape index (κ2) is 6.89. The van der Waals surface area contributed by atoms with E-state index in [9.17, 15) is 9.36 Å². The van der Waals surface area contributed by atoms with Crippen LogP contribution in [-0.2, 0) is 28.5 Å². The molecule has 0 radical (unpaired) electrons. The van der Waals surface area contributed by atoms with Gasteiger partial charge in [-0.1, -0.05) is 0 Å². The second-order valence-electron chi connectivity index (χ2n) is 2.56. The Morgan fingerprint density at radius 3 is 2.13 bits per heavy atom. The average molecular weight is 243 g/mol. The van der Waals surface area contributed by atoms with E-state index in [-0.39, 0.29) is 0 Å². The first-order valence-corrected chi connectivity index (χ1v) is 5.66. The zero-order valence-electron chi connectivity index (χ0n) is 8.41. The molecule has 8 nitrogen and oxygen atoms in total. The molecule has 90 valence electrons. The average Bonchev–Trinajstić information content (AvgIpc) is 2.14. The summed E-state index contributed by atoms with van der Waals surface area (Å²) in [6, 6.07) is 0. The lowest BCUT2D eigenvalue weighted by Crippen LogP contribution is -2.29. The van der Waals surface area contributed by atoms with Crippen LogP contribution in [0, 0.1) is 5.92 Å². The quantitative estimate of drug-likeness (QED) is 0.333. The van der Waals surface area contributed by atoms with Gasteiger partial charge in [0, 0.05) is 0 Å². The number of hydrogen-bond donors (Lipinski definition) is 2. The topological polar surface area (TPSA) is 117 Å². The van der Waals surface area contributed by atoms with E-state index >= 15 is 0 Å². The lowest BCUT2D eigenvalue weighted by molar-refractivity contribution is -0.242. The van der Waals surface area contributed by atoms with Crippen LogP contribution >= 0.6 is 7.60 Å². The van der Waals surface area contributed by atoms with Crippen molar-refractivity contribution >= 4 is 13.5 Å². The van der Waals surface area contributed by atoms with Crippen LogP contribution in [0.3, 0.4) is 0 Å². The van der Waals surface area contributed by atoms with Crippen molar-refractivity contribution in [3.05, 3.63) is 0 Å². The number of carbonyl (C=O) groups is 1. The molecule has 1 atom stereocenters. The summed E-state index contributed by atoms with van der Waals surface area (Å²) < 4.78 is 20.4. The number of primary amides is 1. The van der Waals surface area contributed by atoms with E-state index in [2.05, 4.69) is 19.1 Å². The van der Waals surface area contributed by atoms with Crippen LogP contribution in [0.5, 0.6) is 0 Å². The van der Waals surface area contributed by atoms with Crippen molar-refractivity contribution in [2.75, 3.05) is 27.0 Å². The van der Waals surface area contributed by atoms with E-state index in [0.29, 0.717) is 0 Å². The van der Waals surface area contributed by atoms with Crippen LogP contribution < -0.4 is 5.73 Å². The van der Waals surface area contributed by atoms with Gasteiger partial charge < -0.3 is 10.8 Å². The van der Waals surface area contributed by atoms with Gasteiger partial charge in [0.05, 0.1) is 32.9 Å². The van der Waals surface area contributed by atoms with Crippen molar-refractivity contribution in [2.24, 2.45) is 11.7 Å². The summed E-state index contributed by atoms with van der Waals surface area (Å²) in [5.74, 6) is -1.88. The van der Waals surface area contributed by atoms with Crippen molar-refractivity contribution in [2.45, 2.75) is 0 Å². The Bertz CT molecular complexity index is 236. The molecule has 0 rings (SSSR count). The first-order valence-electron chi connectivity index (χ1n) is 3.93. The zero-order chi connectivity index (χ0) is 11.9. The molecular weight excluding hydrogens is 229 g/mol. The van der Waals surface area contributed by atoms with Gasteiger partial charge in [0.15, 0.2) is 0 Å². The third kappa shape index (κ3) is 5.22. The van der Waals surface area contributed by atoms with E-state index in [0.717, 1.165) is 14.2 Å². The normalized spacial score (nSPS) is 13.8. The summed E-state index contributed by atoms with van der Waals surface area (Å²) in [5, 5.41) is 8.78. The fourth-order valence-electron chi connectivity index (χ4n) is 0.808. The van der Waals surface area contributed by atoms with E-state index in [1.54, 1.807) is 0 Å². The maximum Gasteiger partial charge on any atom is 0.385 e. The molecule has 0 heterocycles. The van der Waals surface area contributed by atoms with Gasteiger partial charge in [-0.25, -0.2) is 9.78 Å². The molecule has 15 heavy (non-hydrogen) atoms. The van der Waals surface area contributed by atoms with Gasteiger partial charge in [0.1, 0.15) is 0 Å². The summed E-state index contributed by atoms with van der Waals surface area (Å²) in [6.45, 7) is -0.570. The van der Waals surface area contributed by atoms with Crippen molar-refractivity contribution in [1.82, 2.24) is 0 Å². The highest BCUT2D eigenvalue weighted by Crippen LogP contribution is 2.49. The third-order valence-electron chi connectivity index (χ3n) is 1.44. The number of amides is 1. The molecule has 1 unspecified atom stereocenters. The molecular formula is C6H14NO7P. The maximum absolute atomic E-state index is 11.7. The molecule has 0 aliphatic heterocycles. The standard InChI is InChI=1S/C6H14NO7P/c1-11-13-15(10,14-12-2)4-5(3-8)6(7)9/h5,8H,3-4H2,1-2H3,(H2,7,9). The van der Waals surface area contributed by atoms with Crippen molar-refractivity contribution in [3.63, 3.8) is 0 Å². The molecule has 0 saturated carbocycles. The van der Waals surface area contributed by atoms with Gasteiger partial charge in [-0.15, -0.1) is 9.35 Å². The molecule has 0 aliphatic carbocycles. The molecule has 0 spiro atoms. The van der Waals surface area contributed by atoms with Crippen molar-refractivity contribution < 1.29 is 33.6 Å². The van der Waals surface area contributed by atoms with Crippen LogP contribution in [0.4, 0.5) is 0 Å². The Labute approximate surface area is 86.6 Å². The molecule has 0 aromatic heterocycles. The fourth-order valence-corrected chi connectivity index (χ4v) is 2.24. The highest BCUT2D eigenvalue weighted by Gasteiger charge is 2.33. The van der Waals surface area contributed by atoms with E-state index in [1.807, 2.05) is 0 Å². The summed E-state index contributed by atoms with van der Waals surface area (Å²) >= 11 is 0. The van der Waals surface area contributed by atoms with Gasteiger partial charge in [-0.3, -0.25) is 9.36 Å². The van der Waals surface area contributed by atoms with Gasteiger partial charge in [-0.05, 0) is 0 Å². The number of aliphatic hydroxyl groups is 1. The highest BCUT2D eigenvalue weighted by molar-refractivity contribution is 7.53. The number of hydrogen-bond acceptors (Lipinski definition) is 7. The number of carbonyl (C=O) groups excluding carboxylic acids is 1. The third-order valence-corrected chi connectivity index (χ3v) is 3.08. The van der Waals surface area contributed by atoms with Crippen molar-refractivity contribution in [3.8, 4) is 0 Å². The van der Waals surface area contributed by atoms with Crippen LogP contribution in [0.15, 0.2) is 0 Å². The monoisotopic (exact) mass is 243 g/mol. The van der Waals surface area contributed by atoms with Gasteiger partial charge >= 0.3 is 7.60 Å². The number of nitrogens with two attached hydrogens (primary N) is 1. The molecule has 0 aromatic rings. The lowest BCUT2D eigenvalue weighted by atomic mass is 10.2. The Morgan fingerprint density at radius 2 is 1.87 bits per heavy atom. The molecule has 0 aromatic carbocycles. The largest absolute Gasteiger partial charge is 0.396 e. The number of aliphatic hydroxyl groups excluding tert-OH is 1. The highest BCUT2D eigenvalue weighted by atomic mass is 31.2. The molecule has 0 bridgehead atoms. The van der Waals surface area contributed by atoms with E-state index in [1.165, 1.54) is 0 Å². The molecule has 1 amide bonds. The van der Waals surface area contributed by atoms with Crippen LogP contribution in [0.25, 0.3) is 0 Å². The molecule has 9 heteroatoms. The Kier molecular flexibility index (Phi) is 6.66. The SMILES string of the molecule is COOP(=O)(CC(CO)C(N)=O)OOC. The Morgan fingerprint density at radius 1 is 1.40 bits per heavy atom. The summed E-state index contributed by atoms with van der Waals surface area (Å²) in [4.78, 5) is 19.1. The first kappa shape index (κ1) is 14.5. The van der Waals surface area contributed by atoms with Crippen LogP contribution in [-0.4, -0.2) is 38.0 Å². The molecule has 0 fully saturated rings. The van der Waals surface area contributed by atoms with Gasteiger partial charge in [0.25, 0.3) is 0 Å². The number of rotatable bonds is 8. The molecule has 0 aliphatic rings.